The second kappa shape index (κ2) is 24.1. The molecule has 0 aromatic rings. The van der Waals surface area contributed by atoms with Crippen LogP contribution in [0.25, 0.3) is 0 Å². The van der Waals surface area contributed by atoms with E-state index in [9.17, 15) is 16.8 Å². The Morgan fingerprint density at radius 2 is 0.600 bits per heavy atom. The van der Waals surface area contributed by atoms with Gasteiger partial charge in [-0.3, -0.25) is 0 Å². The standard InChI is InChI=1S/C26H54O7S2/c1-3-5-7-9-11-13-15-17-19-21-23-25-31-34(27,28)33-35(29,30)32-26-24-22-20-18-16-14-12-10-8-6-4-2/h3-26H2,1-2H3. The number of hydrogen-bond acceptors (Lipinski definition) is 7. The van der Waals surface area contributed by atoms with Crippen LogP contribution in [0.1, 0.15) is 155 Å². The first-order valence-electron chi connectivity index (χ1n) is 14.3. The molecule has 0 aromatic carbocycles. The zero-order valence-corrected chi connectivity index (χ0v) is 24.3. The van der Waals surface area contributed by atoms with Gasteiger partial charge in [-0.1, -0.05) is 142 Å². The van der Waals surface area contributed by atoms with Crippen molar-refractivity contribution in [3.63, 3.8) is 0 Å². The molecule has 35 heavy (non-hydrogen) atoms. The molecule has 0 spiro atoms. The summed E-state index contributed by atoms with van der Waals surface area (Å²) in [6.45, 7) is 4.25. The zero-order chi connectivity index (χ0) is 26.1. The smallest absolute Gasteiger partial charge is 0.247 e. The van der Waals surface area contributed by atoms with Crippen molar-refractivity contribution in [2.24, 2.45) is 0 Å². The fraction of sp³-hybridized carbons (Fsp3) is 1.00. The van der Waals surface area contributed by atoms with E-state index in [1.165, 1.54) is 89.9 Å². The van der Waals surface area contributed by atoms with E-state index in [-0.39, 0.29) is 13.2 Å². The van der Waals surface area contributed by atoms with Gasteiger partial charge < -0.3 is 0 Å². The molecule has 0 atom stereocenters. The van der Waals surface area contributed by atoms with Crippen LogP contribution < -0.4 is 0 Å². The fourth-order valence-corrected chi connectivity index (χ4v) is 5.77. The lowest BCUT2D eigenvalue weighted by Crippen LogP contribution is -2.19. The second-order valence-corrected chi connectivity index (χ2v) is 12.2. The van der Waals surface area contributed by atoms with Gasteiger partial charge in [-0.15, -0.1) is 3.63 Å². The van der Waals surface area contributed by atoms with E-state index in [4.69, 9.17) is 0 Å². The largest absolute Gasteiger partial charge is 0.416 e. The Morgan fingerprint density at radius 1 is 0.371 bits per heavy atom. The lowest BCUT2D eigenvalue weighted by Gasteiger charge is -2.07. The molecule has 9 heteroatoms. The number of unbranched alkanes of at least 4 members (excludes halogenated alkanes) is 20. The van der Waals surface area contributed by atoms with Crippen molar-refractivity contribution < 1.29 is 28.8 Å². The van der Waals surface area contributed by atoms with Gasteiger partial charge in [-0.25, -0.2) is 8.37 Å². The molecule has 0 amide bonds. The van der Waals surface area contributed by atoms with Gasteiger partial charge in [0, 0.05) is 0 Å². The lowest BCUT2D eigenvalue weighted by molar-refractivity contribution is 0.232. The minimum absolute atomic E-state index is 0.0898. The number of rotatable bonds is 28. The highest BCUT2D eigenvalue weighted by Gasteiger charge is 2.24. The van der Waals surface area contributed by atoms with Crippen LogP contribution in [0.4, 0.5) is 0 Å². The molecule has 0 heterocycles. The summed E-state index contributed by atoms with van der Waals surface area (Å²) in [7, 11) is -9.26. The molecule has 0 aliphatic carbocycles. The maximum absolute atomic E-state index is 11.7. The normalized spacial score (nSPS) is 12.4. The average Bonchev–Trinajstić information content (AvgIpc) is 2.79. The zero-order valence-electron chi connectivity index (χ0n) is 22.6. The van der Waals surface area contributed by atoms with Crippen LogP contribution in [0.15, 0.2) is 0 Å². The third-order valence-corrected chi connectivity index (χ3v) is 8.36. The van der Waals surface area contributed by atoms with Gasteiger partial charge in [0.05, 0.1) is 13.2 Å². The summed E-state index contributed by atoms with van der Waals surface area (Å²) in [5, 5.41) is 0. The second-order valence-electron chi connectivity index (χ2n) is 9.60. The first-order chi connectivity index (χ1) is 16.8. The van der Waals surface area contributed by atoms with Crippen molar-refractivity contribution >= 4 is 20.8 Å². The van der Waals surface area contributed by atoms with Gasteiger partial charge in [0.2, 0.25) is 0 Å². The summed E-state index contributed by atoms with van der Waals surface area (Å²) in [4.78, 5) is 0. The summed E-state index contributed by atoms with van der Waals surface area (Å²) < 4.78 is 60.4. The van der Waals surface area contributed by atoms with Gasteiger partial charge in [-0.2, -0.15) is 16.8 Å². The van der Waals surface area contributed by atoms with Crippen LogP contribution in [0.3, 0.4) is 0 Å². The van der Waals surface area contributed by atoms with E-state index in [2.05, 4.69) is 25.8 Å². The average molecular weight is 543 g/mol. The fourth-order valence-electron chi connectivity index (χ4n) is 4.00. The van der Waals surface area contributed by atoms with E-state index < -0.39 is 20.8 Å². The molecule has 0 radical (unpaired) electrons. The summed E-state index contributed by atoms with van der Waals surface area (Å²) in [5.41, 5.74) is 0. The highest BCUT2D eigenvalue weighted by atomic mass is 32.3. The van der Waals surface area contributed by atoms with Crippen LogP contribution in [0.2, 0.25) is 0 Å². The minimum atomic E-state index is -4.63. The third kappa shape index (κ3) is 26.6. The van der Waals surface area contributed by atoms with Crippen molar-refractivity contribution in [1.29, 1.82) is 0 Å². The molecule has 0 unspecified atom stereocenters. The Morgan fingerprint density at radius 3 is 0.857 bits per heavy atom. The van der Waals surface area contributed by atoms with Crippen molar-refractivity contribution in [3.05, 3.63) is 0 Å². The maximum Gasteiger partial charge on any atom is 0.416 e. The van der Waals surface area contributed by atoms with Gasteiger partial charge >= 0.3 is 20.8 Å². The molecule has 0 aliphatic rings. The van der Waals surface area contributed by atoms with E-state index >= 15 is 0 Å². The van der Waals surface area contributed by atoms with E-state index in [0.717, 1.165) is 38.5 Å². The maximum atomic E-state index is 11.7. The summed E-state index contributed by atoms with van der Waals surface area (Å²) >= 11 is 0. The van der Waals surface area contributed by atoms with Crippen LogP contribution in [-0.4, -0.2) is 30.0 Å². The molecule has 0 N–H and O–H groups in total. The van der Waals surface area contributed by atoms with Crippen molar-refractivity contribution in [3.8, 4) is 0 Å². The molecular weight excluding hydrogens is 488 g/mol. The topological polar surface area (TPSA) is 96.0 Å². The molecular formula is C26H54O7S2. The molecule has 0 saturated carbocycles. The van der Waals surface area contributed by atoms with E-state index in [0.29, 0.717) is 12.8 Å². The molecule has 0 saturated heterocycles. The summed E-state index contributed by atoms with van der Waals surface area (Å²) in [6.07, 6.45) is 24.9. The Bertz CT molecular complexity index is 593. The van der Waals surface area contributed by atoms with E-state index in [1.807, 2.05) is 0 Å². The Hall–Kier alpha value is -0.220. The van der Waals surface area contributed by atoms with Gasteiger partial charge in [-0.05, 0) is 12.8 Å². The van der Waals surface area contributed by atoms with Gasteiger partial charge in [0.25, 0.3) is 0 Å². The van der Waals surface area contributed by atoms with Crippen LogP contribution >= 0.6 is 0 Å². The number of hydrogen-bond donors (Lipinski definition) is 0. The third-order valence-electron chi connectivity index (χ3n) is 6.12. The quantitative estimate of drug-likeness (QED) is 0.0920. The monoisotopic (exact) mass is 542 g/mol. The highest BCUT2D eigenvalue weighted by Crippen LogP contribution is 2.14. The summed E-state index contributed by atoms with van der Waals surface area (Å²) in [5.74, 6) is 0. The van der Waals surface area contributed by atoms with Crippen LogP contribution in [0.5, 0.6) is 0 Å². The van der Waals surface area contributed by atoms with Crippen LogP contribution in [0, 0.1) is 0 Å². The van der Waals surface area contributed by atoms with E-state index in [1.54, 1.807) is 0 Å². The Labute approximate surface area is 217 Å². The van der Waals surface area contributed by atoms with Gasteiger partial charge in [0.15, 0.2) is 0 Å². The molecule has 0 fully saturated rings. The molecule has 0 aromatic heterocycles. The minimum Gasteiger partial charge on any atom is -0.247 e. The van der Waals surface area contributed by atoms with Crippen molar-refractivity contribution in [2.75, 3.05) is 13.2 Å². The Balaban J connectivity index is 3.64. The molecule has 212 valence electrons. The predicted molar refractivity (Wildman–Crippen MR) is 144 cm³/mol. The first kappa shape index (κ1) is 34.8. The van der Waals surface area contributed by atoms with Crippen molar-refractivity contribution in [2.45, 2.75) is 155 Å². The first-order valence-corrected chi connectivity index (χ1v) is 17.0. The van der Waals surface area contributed by atoms with Crippen LogP contribution in [-0.2, 0) is 32.8 Å². The SMILES string of the molecule is CCCCCCCCCCCCCOS(=O)(=O)OS(=O)(=O)OCCCCCCCCCCCCC. The predicted octanol–water partition coefficient (Wildman–Crippen LogP) is 8.15. The highest BCUT2D eigenvalue weighted by molar-refractivity contribution is 7.95. The molecule has 0 rings (SSSR count). The summed E-state index contributed by atoms with van der Waals surface area (Å²) in [6, 6.07) is 0. The molecule has 0 bridgehead atoms. The lowest BCUT2D eigenvalue weighted by atomic mass is 10.1. The Kier molecular flexibility index (Phi) is 24.0. The van der Waals surface area contributed by atoms with Crippen molar-refractivity contribution in [1.82, 2.24) is 0 Å². The van der Waals surface area contributed by atoms with Gasteiger partial charge in [0.1, 0.15) is 0 Å². The molecule has 0 aliphatic heterocycles. The molecule has 7 nitrogen and oxygen atoms in total.